The molecule has 14 heteroatoms. The Morgan fingerprint density at radius 1 is 1.25 bits per heavy atom. The fraction of sp³-hybridized carbons (Fsp3) is 0.423. The Balaban J connectivity index is 1.79. The Morgan fingerprint density at radius 2 is 1.98 bits per heavy atom. The van der Waals surface area contributed by atoms with E-state index in [1.807, 2.05) is 0 Å². The van der Waals surface area contributed by atoms with Gasteiger partial charge < -0.3 is 26.4 Å². The van der Waals surface area contributed by atoms with Crippen molar-refractivity contribution in [3.63, 3.8) is 0 Å². The van der Waals surface area contributed by atoms with Crippen molar-refractivity contribution < 1.29 is 31.8 Å². The molecule has 1 saturated heterocycles. The van der Waals surface area contributed by atoms with Gasteiger partial charge in [-0.1, -0.05) is 0 Å². The van der Waals surface area contributed by atoms with Crippen molar-refractivity contribution >= 4 is 44.5 Å². The standard InChI is InChI=1S/C26H33F3N6O4S/c1-13(16-8-15(30)9-19(23(16)27)25(28)29)33-26-18-11-20(32-4-6-39-3)17(10-21(18)34-14(2)35-26)24(36)22-12-31-5-7-40(22,37)38/h8-11,13,22,25,31-32,37-38H,4-7,12,30H2,1-3H3,(H,33,34,35)/t13-,22-/m1/s1. The summed E-state index contributed by atoms with van der Waals surface area (Å²) < 4.78 is 68.0. The van der Waals surface area contributed by atoms with Gasteiger partial charge in [0.2, 0.25) is 0 Å². The number of aryl methyl sites for hydroxylation is 1. The van der Waals surface area contributed by atoms with Crippen LogP contribution in [0.1, 0.15) is 46.7 Å². The molecule has 0 unspecified atom stereocenters. The van der Waals surface area contributed by atoms with Gasteiger partial charge in [0.1, 0.15) is 22.7 Å². The molecule has 0 bridgehead atoms. The van der Waals surface area contributed by atoms with Crippen molar-refractivity contribution in [3.05, 3.63) is 52.6 Å². The fourth-order valence-electron chi connectivity index (χ4n) is 4.66. The van der Waals surface area contributed by atoms with Gasteiger partial charge in [-0.2, -0.15) is 10.6 Å². The number of fused-ring (bicyclic) bond motifs is 1. The van der Waals surface area contributed by atoms with Crippen LogP contribution in [-0.4, -0.2) is 69.2 Å². The lowest BCUT2D eigenvalue weighted by atomic mass is 10.0. The molecule has 218 valence electrons. The van der Waals surface area contributed by atoms with Crippen LogP contribution in [0.15, 0.2) is 24.3 Å². The van der Waals surface area contributed by atoms with Crippen LogP contribution in [0.4, 0.5) is 30.4 Å². The summed E-state index contributed by atoms with van der Waals surface area (Å²) >= 11 is 0. The second-order valence-electron chi connectivity index (χ2n) is 9.61. The molecule has 0 radical (unpaired) electrons. The SMILES string of the molecule is COCCNc1cc2c(N[C@H](C)c3cc(N)cc(C(F)F)c3F)nc(C)nc2cc1C(=O)[C@H]1CNCCS1(O)O. The van der Waals surface area contributed by atoms with E-state index < -0.39 is 45.5 Å². The molecule has 0 saturated carbocycles. The van der Waals surface area contributed by atoms with Crippen LogP contribution in [-0.2, 0) is 4.74 Å². The molecule has 40 heavy (non-hydrogen) atoms. The highest BCUT2D eigenvalue weighted by atomic mass is 32.3. The number of aromatic nitrogens is 2. The van der Waals surface area contributed by atoms with Crippen LogP contribution in [0.3, 0.4) is 0 Å². The number of methoxy groups -OCH3 is 1. The number of rotatable bonds is 10. The zero-order valence-corrected chi connectivity index (χ0v) is 23.1. The number of ketones is 1. The number of benzene rings is 2. The van der Waals surface area contributed by atoms with E-state index in [1.165, 1.54) is 13.2 Å². The molecular formula is C26H33F3N6O4S. The smallest absolute Gasteiger partial charge is 0.266 e. The maximum atomic E-state index is 15.0. The number of nitrogens with two attached hydrogens (primary N) is 1. The molecule has 4 rings (SSSR count). The Hall–Kier alpha value is -3.17. The van der Waals surface area contributed by atoms with Crippen LogP contribution in [0.5, 0.6) is 0 Å². The van der Waals surface area contributed by atoms with Gasteiger partial charge in [0, 0.05) is 54.6 Å². The van der Waals surface area contributed by atoms with E-state index in [2.05, 4.69) is 25.9 Å². The summed E-state index contributed by atoms with van der Waals surface area (Å²) in [4.78, 5) is 22.5. The molecule has 1 aliphatic rings. The number of anilines is 3. The largest absolute Gasteiger partial charge is 0.399 e. The summed E-state index contributed by atoms with van der Waals surface area (Å²) in [6.07, 6.45) is -3.04. The highest BCUT2D eigenvalue weighted by molar-refractivity contribution is 8.25. The van der Waals surface area contributed by atoms with Gasteiger partial charge >= 0.3 is 0 Å². The predicted molar refractivity (Wildman–Crippen MR) is 151 cm³/mol. The van der Waals surface area contributed by atoms with Crippen LogP contribution >= 0.6 is 10.6 Å². The van der Waals surface area contributed by atoms with Gasteiger partial charge in [-0.25, -0.2) is 23.1 Å². The Morgan fingerprint density at radius 3 is 2.65 bits per heavy atom. The topological polar surface area (TPSA) is 155 Å². The Kier molecular flexibility index (Phi) is 9.05. The monoisotopic (exact) mass is 582 g/mol. The fourth-order valence-corrected chi connectivity index (χ4v) is 6.24. The molecule has 0 spiro atoms. The van der Waals surface area contributed by atoms with Crippen molar-refractivity contribution in [2.45, 2.75) is 31.6 Å². The molecule has 10 nitrogen and oxygen atoms in total. The third-order valence-corrected chi connectivity index (χ3v) is 8.79. The minimum atomic E-state index is -3.16. The lowest BCUT2D eigenvalue weighted by Gasteiger charge is -2.43. The first-order chi connectivity index (χ1) is 18.9. The molecule has 1 aromatic heterocycles. The zero-order chi connectivity index (χ0) is 29.2. The number of alkyl halides is 2. The predicted octanol–water partition coefficient (Wildman–Crippen LogP) is 4.73. The van der Waals surface area contributed by atoms with Crippen molar-refractivity contribution in [2.75, 3.05) is 55.5 Å². The molecule has 3 aromatic rings. The van der Waals surface area contributed by atoms with Gasteiger partial charge in [-0.3, -0.25) is 13.9 Å². The van der Waals surface area contributed by atoms with Gasteiger partial charge in [-0.05, 0) is 38.1 Å². The quantitative estimate of drug-likeness (QED) is 0.112. The minimum absolute atomic E-state index is 0.0000323. The number of carbonyl (C=O) groups excluding carboxylic acids is 1. The summed E-state index contributed by atoms with van der Waals surface area (Å²) in [6, 6.07) is 4.59. The summed E-state index contributed by atoms with van der Waals surface area (Å²) in [7, 11) is -1.62. The van der Waals surface area contributed by atoms with Crippen LogP contribution in [0.2, 0.25) is 0 Å². The number of hydrogen-bond acceptors (Lipinski definition) is 10. The van der Waals surface area contributed by atoms with E-state index in [-0.39, 0.29) is 34.9 Å². The molecule has 1 fully saturated rings. The van der Waals surface area contributed by atoms with E-state index in [4.69, 9.17) is 10.5 Å². The summed E-state index contributed by atoms with van der Waals surface area (Å²) in [5.41, 5.74) is 5.93. The van der Waals surface area contributed by atoms with Gasteiger partial charge in [0.15, 0.2) is 5.78 Å². The highest BCUT2D eigenvalue weighted by Crippen LogP contribution is 2.47. The summed E-state index contributed by atoms with van der Waals surface area (Å²) in [5.74, 6) is -0.813. The van der Waals surface area contributed by atoms with E-state index in [0.717, 1.165) is 6.07 Å². The number of halogens is 3. The average Bonchev–Trinajstić information content (AvgIpc) is 2.89. The first-order valence-electron chi connectivity index (χ1n) is 12.6. The first kappa shape index (κ1) is 29.8. The zero-order valence-electron chi connectivity index (χ0n) is 22.3. The number of hydrogen-bond donors (Lipinski definition) is 6. The molecule has 1 aliphatic heterocycles. The number of Topliss-reactive ketones (excluding diaryl/α,β-unsaturated/α-hetero) is 1. The van der Waals surface area contributed by atoms with Crippen LogP contribution in [0, 0.1) is 12.7 Å². The molecule has 0 aliphatic carbocycles. The normalized spacial score (nSPS) is 18.5. The van der Waals surface area contributed by atoms with Crippen molar-refractivity contribution in [1.82, 2.24) is 15.3 Å². The summed E-state index contributed by atoms with van der Waals surface area (Å²) in [6.45, 7) is 4.43. The maximum Gasteiger partial charge on any atom is 0.266 e. The Labute approximate surface area is 231 Å². The number of ether oxygens (including phenoxy) is 1. The van der Waals surface area contributed by atoms with Gasteiger partial charge in [0.05, 0.1) is 29.5 Å². The Bertz CT molecular complexity index is 1410. The molecule has 7 N–H and O–H groups in total. The molecule has 0 amide bonds. The van der Waals surface area contributed by atoms with Gasteiger partial charge in [0.25, 0.3) is 6.43 Å². The van der Waals surface area contributed by atoms with E-state index in [0.29, 0.717) is 42.1 Å². The number of nitrogen functional groups attached to an aromatic ring is 1. The lowest BCUT2D eigenvalue weighted by Crippen LogP contribution is -2.45. The summed E-state index contributed by atoms with van der Waals surface area (Å²) in [5, 5.41) is 8.72. The molecule has 2 atom stereocenters. The highest BCUT2D eigenvalue weighted by Gasteiger charge is 2.36. The molecule has 2 aromatic carbocycles. The van der Waals surface area contributed by atoms with Crippen LogP contribution < -0.4 is 21.7 Å². The number of nitrogens with zero attached hydrogens (tertiary/aromatic N) is 2. The van der Waals surface area contributed by atoms with Crippen molar-refractivity contribution in [1.29, 1.82) is 0 Å². The molecule has 2 heterocycles. The molecular weight excluding hydrogens is 549 g/mol. The van der Waals surface area contributed by atoms with E-state index in [9.17, 15) is 27.1 Å². The third-order valence-electron chi connectivity index (χ3n) is 6.70. The third kappa shape index (κ3) is 6.25. The van der Waals surface area contributed by atoms with Crippen LogP contribution in [0.25, 0.3) is 10.9 Å². The second kappa shape index (κ2) is 12.1. The maximum absolute atomic E-state index is 15.0. The first-order valence-corrected chi connectivity index (χ1v) is 14.4. The number of nitrogens with one attached hydrogen (secondary N) is 3. The second-order valence-corrected chi connectivity index (χ2v) is 12.0. The number of carbonyl (C=O) groups is 1. The van der Waals surface area contributed by atoms with Crippen molar-refractivity contribution in [2.24, 2.45) is 0 Å². The minimum Gasteiger partial charge on any atom is -0.399 e. The van der Waals surface area contributed by atoms with E-state index >= 15 is 0 Å². The average molecular weight is 583 g/mol. The van der Waals surface area contributed by atoms with Crippen molar-refractivity contribution in [3.8, 4) is 0 Å². The van der Waals surface area contributed by atoms with Gasteiger partial charge in [-0.15, -0.1) is 0 Å². The lowest BCUT2D eigenvalue weighted by molar-refractivity contribution is 0.0982. The van der Waals surface area contributed by atoms with E-state index in [1.54, 1.807) is 26.0 Å².